The van der Waals surface area contributed by atoms with Crippen LogP contribution in [0.5, 0.6) is 0 Å². The lowest BCUT2D eigenvalue weighted by atomic mass is 10.2. The third-order valence-corrected chi connectivity index (χ3v) is 2.75. The number of benzene rings is 1. The van der Waals surface area contributed by atoms with Crippen LogP contribution in [0.2, 0.25) is 0 Å². The van der Waals surface area contributed by atoms with Crippen molar-refractivity contribution in [3.63, 3.8) is 0 Å². The van der Waals surface area contributed by atoms with Gasteiger partial charge in [0.25, 0.3) is 0 Å². The first-order chi connectivity index (χ1) is 5.38. The van der Waals surface area contributed by atoms with E-state index in [2.05, 4.69) is 35.8 Å². The summed E-state index contributed by atoms with van der Waals surface area (Å²) in [5.74, 6) is 0. The Morgan fingerprint density at radius 1 is 1.36 bits per heavy atom. The molecule has 1 aliphatic rings. The van der Waals surface area contributed by atoms with E-state index in [9.17, 15) is 0 Å². The van der Waals surface area contributed by atoms with Gasteiger partial charge in [0.05, 0.1) is 5.69 Å². The van der Waals surface area contributed by atoms with Gasteiger partial charge in [-0.2, -0.15) is 0 Å². The van der Waals surface area contributed by atoms with Crippen LogP contribution in [0.1, 0.15) is 5.56 Å². The Bertz CT molecular complexity index is 304. The summed E-state index contributed by atoms with van der Waals surface area (Å²) in [7, 11) is 0. The van der Waals surface area contributed by atoms with Gasteiger partial charge in [0, 0.05) is 11.1 Å². The fourth-order valence-corrected chi connectivity index (χ4v) is 1.93. The van der Waals surface area contributed by atoms with Crippen LogP contribution in [0.3, 0.4) is 0 Å². The van der Waals surface area contributed by atoms with Gasteiger partial charge in [0.2, 0.25) is 0 Å². The normalized spacial score (nSPS) is 13.9. The van der Waals surface area contributed by atoms with Gasteiger partial charge in [-0.25, -0.2) is 0 Å². The molecule has 1 aromatic rings. The molecule has 0 amide bonds. The summed E-state index contributed by atoms with van der Waals surface area (Å²) in [4.78, 5) is 1.34. The topological polar surface area (TPSA) is 12.0 Å². The van der Waals surface area contributed by atoms with Gasteiger partial charge >= 0.3 is 0 Å². The predicted molar refractivity (Wildman–Crippen MR) is 49.8 cm³/mol. The van der Waals surface area contributed by atoms with Crippen LogP contribution in [0.25, 0.3) is 0 Å². The highest BCUT2D eigenvalue weighted by atomic mass is 32.2. The first-order valence-electron chi connectivity index (χ1n) is 3.56. The predicted octanol–water partition coefficient (Wildman–Crippen LogP) is 2.98. The van der Waals surface area contributed by atoms with E-state index in [0.29, 0.717) is 0 Å². The third-order valence-electron chi connectivity index (χ3n) is 1.70. The van der Waals surface area contributed by atoms with E-state index in [1.807, 2.05) is 6.20 Å². The molecule has 56 valence electrons. The molecule has 0 aliphatic carbocycles. The Labute approximate surface area is 70.5 Å². The summed E-state index contributed by atoms with van der Waals surface area (Å²) in [6, 6.07) is 6.30. The van der Waals surface area contributed by atoms with Crippen molar-refractivity contribution in [2.24, 2.45) is 0 Å². The standard InChI is InChI=1S/C9H9NS/c1-7-3-2-4-8-9(7)11-6-5-10-8/h2-6,10H,1H3. The molecule has 0 aromatic heterocycles. The van der Waals surface area contributed by atoms with Crippen LogP contribution in [-0.4, -0.2) is 0 Å². The van der Waals surface area contributed by atoms with E-state index >= 15 is 0 Å². The highest BCUT2D eigenvalue weighted by Gasteiger charge is 2.05. The molecule has 2 heteroatoms. The maximum Gasteiger partial charge on any atom is 0.0524 e. The Morgan fingerprint density at radius 3 is 3.09 bits per heavy atom. The first kappa shape index (κ1) is 6.80. The van der Waals surface area contributed by atoms with Gasteiger partial charge in [0.1, 0.15) is 0 Å². The van der Waals surface area contributed by atoms with Crippen LogP contribution in [-0.2, 0) is 0 Å². The van der Waals surface area contributed by atoms with Crippen molar-refractivity contribution < 1.29 is 0 Å². The van der Waals surface area contributed by atoms with Crippen LogP contribution in [0, 0.1) is 6.92 Å². The Kier molecular flexibility index (Phi) is 1.62. The van der Waals surface area contributed by atoms with Crippen molar-refractivity contribution in [3.05, 3.63) is 35.4 Å². The zero-order valence-corrected chi connectivity index (χ0v) is 7.11. The third kappa shape index (κ3) is 1.14. The quantitative estimate of drug-likeness (QED) is 0.631. The van der Waals surface area contributed by atoms with Gasteiger partial charge in [-0.05, 0) is 24.0 Å². The van der Waals surface area contributed by atoms with Crippen molar-refractivity contribution in [2.75, 3.05) is 5.32 Å². The lowest BCUT2D eigenvalue weighted by Crippen LogP contribution is -1.94. The van der Waals surface area contributed by atoms with E-state index in [1.165, 1.54) is 16.1 Å². The maximum atomic E-state index is 3.20. The van der Waals surface area contributed by atoms with Crippen molar-refractivity contribution in [1.82, 2.24) is 0 Å². The Balaban J connectivity index is 2.54. The molecule has 0 bridgehead atoms. The molecule has 0 fully saturated rings. The van der Waals surface area contributed by atoms with E-state index in [4.69, 9.17) is 0 Å². The Hall–Kier alpha value is -0.890. The minimum absolute atomic E-state index is 1.22. The lowest BCUT2D eigenvalue weighted by molar-refractivity contribution is 1.29. The van der Waals surface area contributed by atoms with Crippen LogP contribution >= 0.6 is 11.8 Å². The monoisotopic (exact) mass is 163 g/mol. The molecule has 0 atom stereocenters. The highest BCUT2D eigenvalue weighted by Crippen LogP contribution is 2.33. The Morgan fingerprint density at radius 2 is 2.27 bits per heavy atom. The number of aryl methyl sites for hydroxylation is 1. The summed E-state index contributed by atoms with van der Waals surface area (Å²) in [5.41, 5.74) is 2.56. The largest absolute Gasteiger partial charge is 0.360 e. The second kappa shape index (κ2) is 2.62. The van der Waals surface area contributed by atoms with E-state index in [0.717, 1.165) is 0 Å². The zero-order valence-electron chi connectivity index (χ0n) is 6.29. The molecular formula is C9H9NS. The smallest absolute Gasteiger partial charge is 0.0524 e. The number of hydrogen-bond acceptors (Lipinski definition) is 2. The van der Waals surface area contributed by atoms with Gasteiger partial charge in [-0.15, -0.1) is 0 Å². The minimum atomic E-state index is 1.22. The maximum absolute atomic E-state index is 3.20. The number of fused-ring (bicyclic) bond motifs is 1. The van der Waals surface area contributed by atoms with Crippen molar-refractivity contribution >= 4 is 17.4 Å². The molecule has 0 radical (unpaired) electrons. The summed E-state index contributed by atoms with van der Waals surface area (Å²) in [6.07, 6.45) is 1.96. The molecule has 1 nitrogen and oxygen atoms in total. The second-order valence-electron chi connectivity index (χ2n) is 2.52. The van der Waals surface area contributed by atoms with Gasteiger partial charge in [-0.1, -0.05) is 23.9 Å². The van der Waals surface area contributed by atoms with Gasteiger partial charge < -0.3 is 5.32 Å². The van der Waals surface area contributed by atoms with Crippen molar-refractivity contribution in [1.29, 1.82) is 0 Å². The summed E-state index contributed by atoms with van der Waals surface area (Å²) in [6.45, 7) is 2.13. The van der Waals surface area contributed by atoms with Crippen molar-refractivity contribution in [2.45, 2.75) is 11.8 Å². The minimum Gasteiger partial charge on any atom is -0.360 e. The molecule has 2 rings (SSSR count). The van der Waals surface area contributed by atoms with E-state index < -0.39 is 0 Å². The SMILES string of the molecule is Cc1cccc2c1SC=CN2. The lowest BCUT2D eigenvalue weighted by Gasteiger charge is -2.13. The van der Waals surface area contributed by atoms with E-state index in [1.54, 1.807) is 11.8 Å². The first-order valence-corrected chi connectivity index (χ1v) is 4.44. The van der Waals surface area contributed by atoms with Gasteiger partial charge in [0.15, 0.2) is 0 Å². The number of rotatable bonds is 0. The molecule has 11 heavy (non-hydrogen) atoms. The second-order valence-corrected chi connectivity index (χ2v) is 3.43. The molecule has 1 heterocycles. The number of hydrogen-bond donors (Lipinski definition) is 1. The average Bonchev–Trinajstić information content (AvgIpc) is 2.06. The summed E-state index contributed by atoms with van der Waals surface area (Å²) in [5, 5.41) is 5.27. The van der Waals surface area contributed by atoms with Gasteiger partial charge in [-0.3, -0.25) is 0 Å². The van der Waals surface area contributed by atoms with Crippen LogP contribution in [0.15, 0.2) is 34.7 Å². The highest BCUT2D eigenvalue weighted by molar-refractivity contribution is 8.02. The molecule has 1 aromatic carbocycles. The number of thioether (sulfide) groups is 1. The average molecular weight is 163 g/mol. The fourth-order valence-electron chi connectivity index (χ4n) is 1.15. The molecule has 0 unspecified atom stereocenters. The van der Waals surface area contributed by atoms with Crippen LogP contribution < -0.4 is 5.32 Å². The molecule has 1 aliphatic heterocycles. The van der Waals surface area contributed by atoms with Crippen molar-refractivity contribution in [3.8, 4) is 0 Å². The molecule has 0 saturated heterocycles. The molecule has 0 spiro atoms. The number of nitrogens with one attached hydrogen (secondary N) is 1. The summed E-state index contributed by atoms with van der Waals surface area (Å²) < 4.78 is 0. The molecular weight excluding hydrogens is 154 g/mol. The molecule has 1 N–H and O–H groups in total. The van der Waals surface area contributed by atoms with Crippen LogP contribution in [0.4, 0.5) is 5.69 Å². The fraction of sp³-hybridized carbons (Fsp3) is 0.111. The van der Waals surface area contributed by atoms with E-state index in [-0.39, 0.29) is 0 Å². The number of anilines is 1. The zero-order chi connectivity index (χ0) is 7.68. The summed E-state index contributed by atoms with van der Waals surface area (Å²) >= 11 is 1.77. The molecule has 0 saturated carbocycles.